The molecule has 0 aromatic carbocycles. The first-order chi connectivity index (χ1) is 9.49. The Balaban J connectivity index is 2.49. The first-order valence-corrected chi connectivity index (χ1v) is 7.19. The van der Waals surface area contributed by atoms with Crippen molar-refractivity contribution in [2.24, 2.45) is 0 Å². The summed E-state index contributed by atoms with van der Waals surface area (Å²) >= 11 is 0. The third kappa shape index (κ3) is 5.57. The van der Waals surface area contributed by atoms with Gasteiger partial charge in [-0.3, -0.25) is 4.98 Å². The predicted molar refractivity (Wildman–Crippen MR) is 80.8 cm³/mol. The number of pyridine rings is 1. The monoisotopic (exact) mass is 279 g/mol. The topological polar surface area (TPSA) is 74.2 Å². The number of aromatic nitrogens is 1. The van der Waals surface area contributed by atoms with E-state index in [9.17, 15) is 9.90 Å². The van der Waals surface area contributed by atoms with Crippen molar-refractivity contribution in [1.82, 2.24) is 10.3 Å². The summed E-state index contributed by atoms with van der Waals surface area (Å²) in [7, 11) is 0. The van der Waals surface area contributed by atoms with Crippen LogP contribution in [-0.2, 0) is 0 Å². The number of aryl methyl sites for hydroxylation is 1. The lowest BCUT2D eigenvalue weighted by Gasteiger charge is -2.27. The molecule has 0 aliphatic heterocycles. The minimum atomic E-state index is -0.811. The average molecular weight is 279 g/mol. The zero-order valence-corrected chi connectivity index (χ0v) is 12.6. The summed E-state index contributed by atoms with van der Waals surface area (Å²) in [5.41, 5.74) is 0.732. The second kappa shape index (κ2) is 7.85. The van der Waals surface area contributed by atoms with Crippen LogP contribution >= 0.6 is 0 Å². The summed E-state index contributed by atoms with van der Waals surface area (Å²) in [5, 5.41) is 15.9. The van der Waals surface area contributed by atoms with Gasteiger partial charge < -0.3 is 15.7 Å². The van der Waals surface area contributed by atoms with Crippen molar-refractivity contribution in [3.8, 4) is 0 Å². The number of aliphatic hydroxyl groups is 1. The van der Waals surface area contributed by atoms with Gasteiger partial charge in [0.2, 0.25) is 0 Å². The van der Waals surface area contributed by atoms with E-state index in [1.54, 1.807) is 18.3 Å². The lowest BCUT2D eigenvalue weighted by atomic mass is 9.93. The molecular formula is C15H25N3O2. The molecule has 20 heavy (non-hydrogen) atoms. The molecule has 1 aromatic heterocycles. The fourth-order valence-corrected chi connectivity index (χ4v) is 2.28. The van der Waals surface area contributed by atoms with Crippen molar-refractivity contribution in [3.63, 3.8) is 0 Å². The number of nitrogens with zero attached hydrogens (tertiary/aromatic N) is 1. The molecule has 5 heteroatoms. The van der Waals surface area contributed by atoms with E-state index in [1.165, 1.54) is 0 Å². The molecule has 0 bridgehead atoms. The summed E-state index contributed by atoms with van der Waals surface area (Å²) in [6.07, 6.45) is 4.81. The summed E-state index contributed by atoms with van der Waals surface area (Å²) in [6, 6.07) is 3.22. The highest BCUT2D eigenvalue weighted by molar-refractivity contribution is 5.89. The van der Waals surface area contributed by atoms with E-state index >= 15 is 0 Å². The number of urea groups is 1. The molecule has 112 valence electrons. The molecule has 0 unspecified atom stereocenters. The number of carbonyl (C=O) groups excluding carboxylic acids is 1. The SMILES string of the molecule is CCCC(O)(CCC)CNC(=O)Nc1ccnc(C)c1. The normalized spacial score (nSPS) is 11.2. The molecule has 0 radical (unpaired) electrons. The second-order valence-electron chi connectivity index (χ2n) is 5.22. The Morgan fingerprint density at radius 2 is 2.00 bits per heavy atom. The van der Waals surface area contributed by atoms with Gasteiger partial charge >= 0.3 is 6.03 Å². The maximum Gasteiger partial charge on any atom is 0.319 e. The smallest absolute Gasteiger partial charge is 0.319 e. The highest BCUT2D eigenvalue weighted by atomic mass is 16.3. The molecule has 1 aromatic rings. The molecule has 0 saturated carbocycles. The first kappa shape index (κ1) is 16.4. The standard InChI is InChI=1S/C15H25N3O2/c1-4-7-15(20,8-5-2)11-17-14(19)18-13-6-9-16-12(3)10-13/h6,9-10,20H,4-5,7-8,11H2,1-3H3,(H2,16,17,18,19). The average Bonchev–Trinajstić information content (AvgIpc) is 2.37. The maximum absolute atomic E-state index is 11.8. The van der Waals surface area contributed by atoms with Gasteiger partial charge in [0.05, 0.1) is 5.60 Å². The van der Waals surface area contributed by atoms with Gasteiger partial charge in [0, 0.05) is 24.1 Å². The number of rotatable bonds is 7. The van der Waals surface area contributed by atoms with Gasteiger partial charge in [-0.2, -0.15) is 0 Å². The molecule has 0 atom stereocenters. The molecule has 0 aliphatic rings. The van der Waals surface area contributed by atoms with E-state index in [4.69, 9.17) is 0 Å². The first-order valence-electron chi connectivity index (χ1n) is 7.19. The Kier molecular flexibility index (Phi) is 6.45. The van der Waals surface area contributed by atoms with Gasteiger partial charge in [0.1, 0.15) is 0 Å². The number of amides is 2. The Labute approximate surface area is 120 Å². The molecule has 5 nitrogen and oxygen atoms in total. The minimum Gasteiger partial charge on any atom is -0.388 e. The van der Waals surface area contributed by atoms with Gasteiger partial charge in [0.25, 0.3) is 0 Å². The molecular weight excluding hydrogens is 254 g/mol. The highest BCUT2D eigenvalue weighted by Gasteiger charge is 2.25. The van der Waals surface area contributed by atoms with Crippen LogP contribution in [-0.4, -0.2) is 28.3 Å². The zero-order chi connectivity index (χ0) is 15.0. The van der Waals surface area contributed by atoms with Crippen LogP contribution in [0.1, 0.15) is 45.2 Å². The Bertz CT molecular complexity index is 429. The van der Waals surface area contributed by atoms with Crippen LogP contribution in [0.25, 0.3) is 0 Å². The van der Waals surface area contributed by atoms with Crippen molar-refractivity contribution in [3.05, 3.63) is 24.0 Å². The van der Waals surface area contributed by atoms with Crippen molar-refractivity contribution >= 4 is 11.7 Å². The van der Waals surface area contributed by atoms with Crippen LogP contribution in [0.15, 0.2) is 18.3 Å². The summed E-state index contributed by atoms with van der Waals surface area (Å²) in [4.78, 5) is 15.9. The lowest BCUT2D eigenvalue weighted by Crippen LogP contribution is -2.44. The van der Waals surface area contributed by atoms with Crippen LogP contribution in [0, 0.1) is 6.92 Å². The number of hydrogen-bond donors (Lipinski definition) is 3. The van der Waals surface area contributed by atoms with Gasteiger partial charge in [-0.15, -0.1) is 0 Å². The van der Waals surface area contributed by atoms with Crippen LogP contribution in [0.5, 0.6) is 0 Å². The number of anilines is 1. The lowest BCUT2D eigenvalue weighted by molar-refractivity contribution is 0.0245. The minimum absolute atomic E-state index is 0.268. The van der Waals surface area contributed by atoms with Gasteiger partial charge in [-0.25, -0.2) is 4.79 Å². The number of carbonyl (C=O) groups is 1. The van der Waals surface area contributed by atoms with Crippen LogP contribution in [0.2, 0.25) is 0 Å². The summed E-state index contributed by atoms with van der Waals surface area (Å²) in [5.74, 6) is 0. The van der Waals surface area contributed by atoms with Crippen LogP contribution < -0.4 is 10.6 Å². The fourth-order valence-electron chi connectivity index (χ4n) is 2.28. The fraction of sp³-hybridized carbons (Fsp3) is 0.600. The molecule has 0 spiro atoms. The van der Waals surface area contributed by atoms with E-state index in [2.05, 4.69) is 15.6 Å². The maximum atomic E-state index is 11.8. The van der Waals surface area contributed by atoms with E-state index in [0.717, 1.165) is 18.5 Å². The molecule has 0 fully saturated rings. The number of hydrogen-bond acceptors (Lipinski definition) is 3. The Hall–Kier alpha value is -1.62. The quantitative estimate of drug-likeness (QED) is 0.718. The molecule has 1 heterocycles. The van der Waals surface area contributed by atoms with Gasteiger partial charge in [-0.1, -0.05) is 26.7 Å². The van der Waals surface area contributed by atoms with Crippen LogP contribution in [0.3, 0.4) is 0 Å². The van der Waals surface area contributed by atoms with E-state index in [-0.39, 0.29) is 12.6 Å². The Morgan fingerprint density at radius 1 is 1.35 bits per heavy atom. The molecule has 3 N–H and O–H groups in total. The largest absolute Gasteiger partial charge is 0.388 e. The highest BCUT2D eigenvalue weighted by Crippen LogP contribution is 2.18. The zero-order valence-electron chi connectivity index (χ0n) is 12.6. The third-order valence-electron chi connectivity index (χ3n) is 3.16. The summed E-state index contributed by atoms with van der Waals surface area (Å²) in [6.45, 7) is 6.19. The molecule has 0 saturated heterocycles. The van der Waals surface area contributed by atoms with E-state index < -0.39 is 5.60 Å². The second-order valence-corrected chi connectivity index (χ2v) is 5.22. The van der Waals surface area contributed by atoms with Crippen molar-refractivity contribution < 1.29 is 9.90 Å². The Morgan fingerprint density at radius 3 is 2.55 bits per heavy atom. The molecule has 0 aliphatic carbocycles. The third-order valence-corrected chi connectivity index (χ3v) is 3.16. The van der Waals surface area contributed by atoms with Gasteiger partial charge in [0.15, 0.2) is 0 Å². The molecule has 2 amide bonds. The van der Waals surface area contributed by atoms with E-state index in [1.807, 2.05) is 20.8 Å². The molecule has 1 rings (SSSR count). The van der Waals surface area contributed by atoms with Crippen LogP contribution in [0.4, 0.5) is 10.5 Å². The van der Waals surface area contributed by atoms with E-state index in [0.29, 0.717) is 18.5 Å². The van der Waals surface area contributed by atoms with Gasteiger partial charge in [-0.05, 0) is 31.9 Å². The van der Waals surface area contributed by atoms with Crippen molar-refractivity contribution in [2.45, 2.75) is 52.1 Å². The number of nitrogens with one attached hydrogen (secondary N) is 2. The van der Waals surface area contributed by atoms with Crippen molar-refractivity contribution in [2.75, 3.05) is 11.9 Å². The van der Waals surface area contributed by atoms with Crippen molar-refractivity contribution in [1.29, 1.82) is 0 Å². The summed E-state index contributed by atoms with van der Waals surface area (Å²) < 4.78 is 0. The predicted octanol–water partition coefficient (Wildman–Crippen LogP) is 2.84.